The molecule has 1 aliphatic rings. The van der Waals surface area contributed by atoms with Gasteiger partial charge in [0.2, 0.25) is 0 Å². The van der Waals surface area contributed by atoms with Crippen LogP contribution in [0.1, 0.15) is 17.9 Å². The zero-order chi connectivity index (χ0) is 15.6. The summed E-state index contributed by atoms with van der Waals surface area (Å²) in [6.45, 7) is 0.873. The van der Waals surface area contributed by atoms with Crippen molar-refractivity contribution in [3.63, 3.8) is 0 Å². The van der Waals surface area contributed by atoms with Gasteiger partial charge >= 0.3 is 5.97 Å². The van der Waals surface area contributed by atoms with Gasteiger partial charge in [-0.3, -0.25) is 4.79 Å². The molecule has 5 heteroatoms. The summed E-state index contributed by atoms with van der Waals surface area (Å²) in [6, 6.07) is 14.6. The van der Waals surface area contributed by atoms with E-state index >= 15 is 0 Å². The van der Waals surface area contributed by atoms with Crippen molar-refractivity contribution in [2.24, 2.45) is 5.92 Å². The molecule has 116 valence electrons. The molecule has 5 nitrogen and oxygen atoms in total. The summed E-state index contributed by atoms with van der Waals surface area (Å²) >= 11 is 0. The molecule has 0 N–H and O–H groups in total. The molecule has 0 spiro atoms. The van der Waals surface area contributed by atoms with Gasteiger partial charge in [0.25, 0.3) is 0 Å². The van der Waals surface area contributed by atoms with Gasteiger partial charge in [-0.15, -0.1) is 0 Å². The van der Waals surface area contributed by atoms with Gasteiger partial charge in [0.15, 0.2) is 0 Å². The van der Waals surface area contributed by atoms with Crippen LogP contribution in [-0.2, 0) is 16.1 Å². The molecule has 0 bridgehead atoms. The quantitative estimate of drug-likeness (QED) is 0.680. The van der Waals surface area contributed by atoms with Gasteiger partial charge in [0.05, 0.1) is 12.5 Å². The maximum absolute atomic E-state index is 12.2. The molecule has 0 radical (unpaired) electrons. The summed E-state index contributed by atoms with van der Waals surface area (Å²) in [6.07, 6.45) is 3.96. The molecule has 0 saturated heterocycles. The zero-order valence-electron chi connectivity index (χ0n) is 12.6. The van der Waals surface area contributed by atoms with E-state index in [0.717, 1.165) is 6.42 Å². The Kier molecular flexibility index (Phi) is 3.54. The first-order valence-electron chi connectivity index (χ1n) is 7.79. The number of fused-ring (bicyclic) bond motifs is 1. The minimum Gasteiger partial charge on any atom is -0.463 e. The number of rotatable bonds is 5. The first kappa shape index (κ1) is 13.9. The third-order valence-electron chi connectivity index (χ3n) is 4.35. The zero-order valence-corrected chi connectivity index (χ0v) is 12.6. The average molecular weight is 307 g/mol. The lowest BCUT2D eigenvalue weighted by atomic mass is 10.0. The highest BCUT2D eigenvalue weighted by molar-refractivity contribution is 5.88. The summed E-state index contributed by atoms with van der Waals surface area (Å²) < 4.78 is 7.03. The minimum atomic E-state index is -0.108. The Labute approximate surface area is 133 Å². The van der Waals surface area contributed by atoms with E-state index in [1.807, 2.05) is 12.1 Å². The average Bonchev–Trinajstić information content (AvgIpc) is 3.22. The number of ether oxygens (including phenoxy) is 1. The highest BCUT2D eigenvalue weighted by Crippen LogP contribution is 2.50. The van der Waals surface area contributed by atoms with Gasteiger partial charge in [0.1, 0.15) is 19.3 Å². The molecule has 1 saturated carbocycles. The Balaban J connectivity index is 1.40. The van der Waals surface area contributed by atoms with Crippen molar-refractivity contribution in [3.8, 4) is 0 Å². The van der Waals surface area contributed by atoms with Crippen LogP contribution in [0.2, 0.25) is 0 Å². The van der Waals surface area contributed by atoms with E-state index in [-0.39, 0.29) is 17.8 Å². The number of esters is 1. The maximum Gasteiger partial charge on any atom is 0.309 e. The van der Waals surface area contributed by atoms with Crippen LogP contribution in [0, 0.1) is 5.92 Å². The second-order valence-corrected chi connectivity index (χ2v) is 5.84. The predicted molar refractivity (Wildman–Crippen MR) is 85.8 cm³/mol. The molecule has 3 aromatic rings. The van der Waals surface area contributed by atoms with Gasteiger partial charge in [0, 0.05) is 0 Å². The van der Waals surface area contributed by atoms with E-state index in [1.165, 1.54) is 22.7 Å². The van der Waals surface area contributed by atoms with E-state index in [0.29, 0.717) is 13.2 Å². The standard InChI is InChI=1S/C18H17N3O2/c22-18(23-9-8-21-12-19-11-20-21)17-10-16(17)15-7-3-5-13-4-1-2-6-14(13)15/h1-7,11-12,16-17H,8-10H2. The minimum absolute atomic E-state index is 0.0171. The highest BCUT2D eigenvalue weighted by Gasteiger charge is 2.45. The fourth-order valence-electron chi connectivity index (χ4n) is 3.07. The number of hydrogen-bond donors (Lipinski definition) is 0. The molecule has 1 aliphatic carbocycles. The second kappa shape index (κ2) is 5.83. The largest absolute Gasteiger partial charge is 0.463 e. The molecule has 1 heterocycles. The van der Waals surface area contributed by atoms with Crippen LogP contribution in [0.15, 0.2) is 55.1 Å². The van der Waals surface area contributed by atoms with E-state index in [2.05, 4.69) is 40.4 Å². The molecule has 0 aliphatic heterocycles. The second-order valence-electron chi connectivity index (χ2n) is 5.84. The van der Waals surface area contributed by atoms with Crippen LogP contribution in [-0.4, -0.2) is 27.3 Å². The fourth-order valence-corrected chi connectivity index (χ4v) is 3.07. The maximum atomic E-state index is 12.2. The lowest BCUT2D eigenvalue weighted by Gasteiger charge is -2.07. The van der Waals surface area contributed by atoms with E-state index in [1.54, 1.807) is 11.0 Å². The topological polar surface area (TPSA) is 57.0 Å². The monoisotopic (exact) mass is 307 g/mol. The molecule has 2 unspecified atom stereocenters. The molecule has 4 rings (SSSR count). The number of carbonyl (C=O) groups is 1. The molecule has 1 fully saturated rings. The normalized spacial score (nSPS) is 19.7. The van der Waals surface area contributed by atoms with Crippen molar-refractivity contribution >= 4 is 16.7 Å². The Morgan fingerprint density at radius 1 is 1.22 bits per heavy atom. The molecular weight excluding hydrogens is 290 g/mol. The van der Waals surface area contributed by atoms with E-state index < -0.39 is 0 Å². The molecule has 1 aromatic heterocycles. The molecule has 23 heavy (non-hydrogen) atoms. The SMILES string of the molecule is O=C(OCCn1cncn1)C1CC1c1cccc2ccccc12. The first-order chi connectivity index (χ1) is 11.3. The van der Waals surface area contributed by atoms with Crippen molar-refractivity contribution in [2.45, 2.75) is 18.9 Å². The first-order valence-corrected chi connectivity index (χ1v) is 7.79. The highest BCUT2D eigenvalue weighted by atomic mass is 16.5. The Morgan fingerprint density at radius 2 is 2.09 bits per heavy atom. The Hall–Kier alpha value is -2.69. The Morgan fingerprint density at radius 3 is 2.96 bits per heavy atom. The third-order valence-corrected chi connectivity index (χ3v) is 4.35. The van der Waals surface area contributed by atoms with E-state index in [9.17, 15) is 4.79 Å². The van der Waals surface area contributed by atoms with Crippen molar-refractivity contribution in [2.75, 3.05) is 6.61 Å². The van der Waals surface area contributed by atoms with Crippen LogP contribution in [0.25, 0.3) is 10.8 Å². The number of hydrogen-bond acceptors (Lipinski definition) is 4. The van der Waals surface area contributed by atoms with Crippen molar-refractivity contribution in [3.05, 3.63) is 60.7 Å². The number of nitrogens with zero attached hydrogens (tertiary/aromatic N) is 3. The van der Waals surface area contributed by atoms with Crippen LogP contribution < -0.4 is 0 Å². The van der Waals surface area contributed by atoms with Gasteiger partial charge < -0.3 is 4.74 Å². The molecule has 2 atom stereocenters. The Bertz CT molecular complexity index is 824. The van der Waals surface area contributed by atoms with Crippen LogP contribution >= 0.6 is 0 Å². The fraction of sp³-hybridized carbons (Fsp3) is 0.278. The summed E-state index contributed by atoms with van der Waals surface area (Å²) in [4.78, 5) is 16.0. The summed E-state index contributed by atoms with van der Waals surface area (Å²) in [7, 11) is 0. The summed E-state index contributed by atoms with van der Waals surface area (Å²) in [5, 5.41) is 6.44. The van der Waals surface area contributed by atoms with Crippen LogP contribution in [0.3, 0.4) is 0 Å². The van der Waals surface area contributed by atoms with E-state index in [4.69, 9.17) is 4.74 Å². The van der Waals surface area contributed by atoms with Crippen LogP contribution in [0.5, 0.6) is 0 Å². The van der Waals surface area contributed by atoms with Gasteiger partial charge in [-0.2, -0.15) is 5.10 Å². The lowest BCUT2D eigenvalue weighted by molar-refractivity contribution is -0.145. The number of carbonyl (C=O) groups excluding carboxylic acids is 1. The molecule has 0 amide bonds. The van der Waals surface area contributed by atoms with Crippen LogP contribution in [0.4, 0.5) is 0 Å². The van der Waals surface area contributed by atoms with Gasteiger partial charge in [-0.1, -0.05) is 42.5 Å². The van der Waals surface area contributed by atoms with Crippen molar-refractivity contribution in [1.29, 1.82) is 0 Å². The van der Waals surface area contributed by atoms with Gasteiger partial charge in [-0.05, 0) is 28.7 Å². The van der Waals surface area contributed by atoms with Crippen molar-refractivity contribution < 1.29 is 9.53 Å². The lowest BCUT2D eigenvalue weighted by Crippen LogP contribution is -2.13. The third kappa shape index (κ3) is 2.82. The summed E-state index contributed by atoms with van der Waals surface area (Å²) in [5.41, 5.74) is 1.25. The predicted octanol–water partition coefficient (Wildman–Crippen LogP) is 2.78. The molecule has 2 aromatic carbocycles. The smallest absolute Gasteiger partial charge is 0.309 e. The number of benzene rings is 2. The van der Waals surface area contributed by atoms with Gasteiger partial charge in [-0.25, -0.2) is 9.67 Å². The molecular formula is C18H17N3O2. The van der Waals surface area contributed by atoms with Crippen molar-refractivity contribution in [1.82, 2.24) is 14.8 Å². The summed E-state index contributed by atoms with van der Waals surface area (Å²) in [5.74, 6) is 0.152. The number of aromatic nitrogens is 3.